The number of hydrogen-bond acceptors (Lipinski definition) is 8. The van der Waals surface area contributed by atoms with Crippen molar-refractivity contribution in [2.75, 3.05) is 24.6 Å². The molecule has 1 aliphatic heterocycles. The Balaban J connectivity index is 1.81. The molecule has 5 N–H and O–H groups in total. The van der Waals surface area contributed by atoms with Gasteiger partial charge in [0.2, 0.25) is 5.91 Å². The van der Waals surface area contributed by atoms with Gasteiger partial charge in [0.1, 0.15) is 6.04 Å². The molecule has 1 aromatic rings. The number of ether oxygens (including phenoxy) is 1. The number of anilines is 1. The highest BCUT2D eigenvalue weighted by Gasteiger charge is 2.33. The van der Waals surface area contributed by atoms with Gasteiger partial charge in [0.05, 0.1) is 19.2 Å². The summed E-state index contributed by atoms with van der Waals surface area (Å²) in [6, 6.07) is 5.74. The molecule has 0 radical (unpaired) electrons. The molecule has 0 spiro atoms. The zero-order valence-electron chi connectivity index (χ0n) is 16.4. The number of nitrogens with zero attached hydrogens (tertiary/aromatic N) is 2. The van der Waals surface area contributed by atoms with Gasteiger partial charge in [-0.1, -0.05) is 12.1 Å². The molecule has 0 bridgehead atoms. The van der Waals surface area contributed by atoms with Crippen molar-refractivity contribution < 1.29 is 28.8 Å². The van der Waals surface area contributed by atoms with E-state index in [9.17, 15) is 19.2 Å². The number of carbonyl (C=O) groups excluding carboxylic acids is 4. The van der Waals surface area contributed by atoms with Crippen LogP contribution in [0.4, 0.5) is 15.3 Å². The number of amides is 4. The molecular weight excluding hydrogens is 396 g/mol. The van der Waals surface area contributed by atoms with Crippen molar-refractivity contribution in [2.45, 2.75) is 25.8 Å². The summed E-state index contributed by atoms with van der Waals surface area (Å²) in [5.74, 6) is -0.626. The molecule has 0 saturated carbocycles. The van der Waals surface area contributed by atoms with Gasteiger partial charge in [0, 0.05) is 18.8 Å². The largest absolute Gasteiger partial charge is 0.466 e. The Kier molecular flexibility index (Phi) is 8.41. The van der Waals surface area contributed by atoms with Crippen molar-refractivity contribution in [3.8, 4) is 0 Å². The second-order valence-electron chi connectivity index (χ2n) is 6.15. The van der Waals surface area contributed by atoms with E-state index in [0.29, 0.717) is 24.2 Å². The summed E-state index contributed by atoms with van der Waals surface area (Å²) in [6.07, 6.45) is 0.919. The Bertz CT molecular complexity index is 797. The number of hydrogen-bond donors (Lipinski definition) is 4. The summed E-state index contributed by atoms with van der Waals surface area (Å²) in [7, 11) is 0. The lowest BCUT2D eigenvalue weighted by atomic mass is 10.2. The second kappa shape index (κ2) is 11.2. The summed E-state index contributed by atoms with van der Waals surface area (Å²) in [6.45, 7) is 2.56. The normalized spacial score (nSPS) is 15.7. The molecule has 0 aliphatic carbocycles. The molecule has 2 rings (SSSR count). The smallest absolute Gasteiger partial charge is 0.430 e. The number of rotatable bonds is 9. The number of nitrogens with one attached hydrogen (secondary N) is 3. The molecule has 1 atom stereocenters. The monoisotopic (exact) mass is 420 g/mol. The number of esters is 1. The minimum atomic E-state index is -1.01. The van der Waals surface area contributed by atoms with E-state index in [2.05, 4.69) is 20.6 Å². The number of carbonyl (C=O) groups is 4. The predicted octanol–water partition coefficient (Wildman–Crippen LogP) is -0.0219. The van der Waals surface area contributed by atoms with Crippen LogP contribution in [0.3, 0.4) is 0 Å². The predicted molar refractivity (Wildman–Crippen MR) is 106 cm³/mol. The van der Waals surface area contributed by atoms with Crippen molar-refractivity contribution in [2.24, 2.45) is 10.8 Å². The van der Waals surface area contributed by atoms with E-state index in [1.165, 1.54) is 6.21 Å². The second-order valence-corrected chi connectivity index (χ2v) is 6.15. The average Bonchev–Trinajstić information content (AvgIpc) is 3.06. The molecule has 0 unspecified atom stereocenters. The van der Waals surface area contributed by atoms with Crippen LogP contribution in [0.2, 0.25) is 0 Å². The van der Waals surface area contributed by atoms with Gasteiger partial charge in [0.25, 0.3) is 0 Å². The van der Waals surface area contributed by atoms with E-state index in [1.54, 1.807) is 36.1 Å². The minimum Gasteiger partial charge on any atom is -0.466 e. The van der Waals surface area contributed by atoms with E-state index in [4.69, 9.17) is 10.5 Å². The summed E-state index contributed by atoms with van der Waals surface area (Å²) < 4.78 is 4.77. The molecule has 1 aromatic carbocycles. The first-order valence-corrected chi connectivity index (χ1v) is 9.26. The fourth-order valence-corrected chi connectivity index (χ4v) is 2.70. The van der Waals surface area contributed by atoms with Crippen LogP contribution in [0, 0.1) is 0 Å². The van der Waals surface area contributed by atoms with Gasteiger partial charge in [-0.05, 0) is 31.0 Å². The Labute approximate surface area is 172 Å². The highest BCUT2D eigenvalue weighted by atomic mass is 16.7. The highest BCUT2D eigenvalue weighted by Crippen LogP contribution is 2.21. The first-order chi connectivity index (χ1) is 14.4. The summed E-state index contributed by atoms with van der Waals surface area (Å²) in [5.41, 5.74) is 8.17. The molecule has 4 amide bonds. The van der Waals surface area contributed by atoms with Gasteiger partial charge in [-0.25, -0.2) is 9.59 Å². The number of primary amides is 1. The molecule has 1 heterocycles. The fourth-order valence-electron chi connectivity index (χ4n) is 2.70. The van der Waals surface area contributed by atoms with E-state index < -0.39 is 24.1 Å². The van der Waals surface area contributed by atoms with Crippen molar-refractivity contribution >= 4 is 35.9 Å². The van der Waals surface area contributed by atoms with Crippen LogP contribution in [0.15, 0.2) is 29.4 Å². The zero-order valence-corrected chi connectivity index (χ0v) is 16.4. The first kappa shape index (κ1) is 22.5. The Morgan fingerprint density at radius 1 is 1.30 bits per heavy atom. The van der Waals surface area contributed by atoms with Gasteiger partial charge >= 0.3 is 18.1 Å². The molecular formula is C18H24N6O6. The maximum absolute atomic E-state index is 12.6. The van der Waals surface area contributed by atoms with Crippen LogP contribution in [0.1, 0.15) is 25.3 Å². The van der Waals surface area contributed by atoms with Crippen molar-refractivity contribution in [1.29, 1.82) is 0 Å². The third-order valence-corrected chi connectivity index (χ3v) is 4.05. The van der Waals surface area contributed by atoms with Crippen molar-refractivity contribution in [1.82, 2.24) is 16.2 Å². The van der Waals surface area contributed by atoms with Gasteiger partial charge in [-0.3, -0.25) is 9.59 Å². The molecule has 1 fully saturated rings. The van der Waals surface area contributed by atoms with Crippen LogP contribution in [-0.4, -0.2) is 56.0 Å². The van der Waals surface area contributed by atoms with E-state index >= 15 is 0 Å². The van der Waals surface area contributed by atoms with Crippen LogP contribution in [0.25, 0.3) is 0 Å². The van der Waals surface area contributed by atoms with Crippen LogP contribution < -0.4 is 26.9 Å². The molecule has 1 aliphatic rings. The summed E-state index contributed by atoms with van der Waals surface area (Å²) in [5, 5.41) is 8.80. The molecule has 12 nitrogen and oxygen atoms in total. The van der Waals surface area contributed by atoms with E-state index in [1.807, 2.05) is 5.59 Å². The number of benzene rings is 1. The highest BCUT2D eigenvalue weighted by molar-refractivity contribution is 6.01. The number of urea groups is 1. The third-order valence-electron chi connectivity index (χ3n) is 4.05. The number of nitrogens with two attached hydrogens (primary N) is 1. The molecule has 1 saturated heterocycles. The Hall–Kier alpha value is -3.83. The van der Waals surface area contributed by atoms with E-state index in [-0.39, 0.29) is 25.5 Å². The van der Waals surface area contributed by atoms with Crippen LogP contribution >= 0.6 is 0 Å². The first-order valence-electron chi connectivity index (χ1n) is 9.26. The topological polar surface area (TPSA) is 164 Å². The van der Waals surface area contributed by atoms with Crippen LogP contribution in [0.5, 0.6) is 0 Å². The van der Waals surface area contributed by atoms with Gasteiger partial charge < -0.3 is 30.8 Å². The standard InChI is InChI=1S/C18H24N6O6/c1-2-29-15(25)7-9-20-18(28)22-14-8-10-24(16(14)26)13-5-3-12(4-6-13)11-21-23-30-17(19)27/h3-6,11,14,23H,2,7-10H2,1H3,(H2,19,27)(H2,20,22,28)/t14-/m0/s1. The molecule has 12 heteroatoms. The van der Waals surface area contributed by atoms with Crippen molar-refractivity contribution in [3.05, 3.63) is 29.8 Å². The minimum absolute atomic E-state index is 0.0613. The lowest BCUT2D eigenvalue weighted by molar-refractivity contribution is -0.142. The van der Waals surface area contributed by atoms with Gasteiger partial charge in [-0.2, -0.15) is 5.10 Å². The summed E-state index contributed by atoms with van der Waals surface area (Å²) in [4.78, 5) is 52.0. The average molecular weight is 420 g/mol. The SMILES string of the molecule is CCOC(=O)CCNC(=O)N[C@H]1CCN(c2ccc(C=NNOC(N)=O)cc2)C1=O. The molecule has 162 valence electrons. The van der Waals surface area contributed by atoms with Crippen LogP contribution in [-0.2, 0) is 19.2 Å². The Morgan fingerprint density at radius 3 is 2.70 bits per heavy atom. The maximum atomic E-state index is 12.6. The Morgan fingerprint density at radius 2 is 2.03 bits per heavy atom. The fraction of sp³-hybridized carbons (Fsp3) is 0.389. The lowest BCUT2D eigenvalue weighted by Gasteiger charge is -2.17. The zero-order chi connectivity index (χ0) is 21.9. The van der Waals surface area contributed by atoms with Gasteiger partial charge in [0.15, 0.2) is 0 Å². The lowest BCUT2D eigenvalue weighted by Crippen LogP contribution is -2.46. The third kappa shape index (κ3) is 6.96. The molecule has 30 heavy (non-hydrogen) atoms. The quantitative estimate of drug-likeness (QED) is 0.248. The van der Waals surface area contributed by atoms with E-state index in [0.717, 1.165) is 0 Å². The van der Waals surface area contributed by atoms with Gasteiger partial charge in [-0.15, -0.1) is 5.59 Å². The molecule has 0 aromatic heterocycles. The van der Waals surface area contributed by atoms with Crippen molar-refractivity contribution in [3.63, 3.8) is 0 Å². The summed E-state index contributed by atoms with van der Waals surface area (Å²) >= 11 is 0. The number of hydrazone groups is 1. The maximum Gasteiger partial charge on any atom is 0.430 e.